The number of hydrazine groups is 1. The van der Waals surface area contributed by atoms with E-state index in [2.05, 4.69) is 36.8 Å². The molecule has 1 atom stereocenters. The Morgan fingerprint density at radius 2 is 2.00 bits per heavy atom. The maximum Gasteiger partial charge on any atom is 0.0948 e. The fraction of sp³-hybridized carbons (Fsp3) is 0.438. The zero-order chi connectivity index (χ0) is 15.1. The third-order valence-corrected chi connectivity index (χ3v) is 5.46. The lowest BCUT2D eigenvalue weighted by Crippen LogP contribution is -2.38. The molecular formula is C16H23N3S2. The van der Waals surface area contributed by atoms with Crippen LogP contribution in [0.1, 0.15) is 18.9 Å². The Bertz CT molecular complexity index is 525. The van der Waals surface area contributed by atoms with Gasteiger partial charge in [-0.3, -0.25) is 11.3 Å². The number of nitrogens with zero attached hydrogens (tertiary/aromatic N) is 1. The Kier molecular flexibility index (Phi) is 6.70. The van der Waals surface area contributed by atoms with E-state index in [0.29, 0.717) is 0 Å². The van der Waals surface area contributed by atoms with Crippen molar-refractivity contribution in [1.82, 2.24) is 10.4 Å². The summed E-state index contributed by atoms with van der Waals surface area (Å²) in [6.07, 6.45) is 0.888. The van der Waals surface area contributed by atoms with Gasteiger partial charge in [0.25, 0.3) is 0 Å². The molecule has 114 valence electrons. The molecular weight excluding hydrogens is 298 g/mol. The predicted molar refractivity (Wildman–Crippen MR) is 94.5 cm³/mol. The molecule has 0 aliphatic rings. The number of nitrogens with two attached hydrogens (primary N) is 1. The van der Waals surface area contributed by atoms with E-state index in [1.165, 1.54) is 11.3 Å². The molecule has 0 spiro atoms. The van der Waals surface area contributed by atoms with Crippen LogP contribution in [-0.2, 0) is 6.42 Å². The molecule has 2 rings (SSSR count). The van der Waals surface area contributed by atoms with Crippen molar-refractivity contribution in [2.75, 3.05) is 11.5 Å². The van der Waals surface area contributed by atoms with E-state index in [1.807, 2.05) is 30.0 Å². The van der Waals surface area contributed by atoms with E-state index in [9.17, 15) is 0 Å². The molecule has 0 radical (unpaired) electrons. The van der Waals surface area contributed by atoms with E-state index < -0.39 is 0 Å². The second-order valence-corrected chi connectivity index (χ2v) is 7.51. The lowest BCUT2D eigenvalue weighted by atomic mass is 10.2. The van der Waals surface area contributed by atoms with Gasteiger partial charge in [0.2, 0.25) is 0 Å². The third-order valence-electron chi connectivity index (χ3n) is 3.05. The van der Waals surface area contributed by atoms with Crippen LogP contribution in [0.2, 0.25) is 0 Å². The quantitative estimate of drug-likeness (QED) is 0.576. The van der Waals surface area contributed by atoms with Crippen LogP contribution in [0.5, 0.6) is 0 Å². The molecule has 2 aromatic rings. The maximum atomic E-state index is 5.67. The van der Waals surface area contributed by atoms with E-state index in [-0.39, 0.29) is 6.04 Å². The highest BCUT2D eigenvalue weighted by Gasteiger charge is 2.12. The summed E-state index contributed by atoms with van der Waals surface area (Å²) in [5, 5.41) is 3.27. The first-order chi connectivity index (χ1) is 10.2. The van der Waals surface area contributed by atoms with Crippen LogP contribution in [0, 0.1) is 5.92 Å². The summed E-state index contributed by atoms with van der Waals surface area (Å²) in [6.45, 7) is 4.48. The summed E-state index contributed by atoms with van der Waals surface area (Å²) in [4.78, 5) is 4.73. The lowest BCUT2D eigenvalue weighted by molar-refractivity contribution is 0.573. The van der Waals surface area contributed by atoms with E-state index in [4.69, 9.17) is 10.8 Å². The fourth-order valence-corrected chi connectivity index (χ4v) is 3.96. The number of aromatic nitrogens is 1. The van der Waals surface area contributed by atoms with Gasteiger partial charge in [0.05, 0.1) is 10.7 Å². The molecule has 3 N–H and O–H groups in total. The molecule has 3 nitrogen and oxygen atoms in total. The van der Waals surface area contributed by atoms with Gasteiger partial charge < -0.3 is 0 Å². The Labute approximate surface area is 135 Å². The summed E-state index contributed by atoms with van der Waals surface area (Å²) in [5.41, 5.74) is 5.15. The average molecular weight is 322 g/mol. The number of hydrogen-bond donors (Lipinski definition) is 2. The highest BCUT2D eigenvalue weighted by Crippen LogP contribution is 2.22. The van der Waals surface area contributed by atoms with Crippen LogP contribution < -0.4 is 11.3 Å². The minimum Gasteiger partial charge on any atom is -0.271 e. The van der Waals surface area contributed by atoms with Crippen LogP contribution in [0.15, 0.2) is 35.7 Å². The van der Waals surface area contributed by atoms with Gasteiger partial charge in [0, 0.05) is 29.2 Å². The number of rotatable bonds is 8. The SMILES string of the molecule is CC(C)CSCC(Cc1nc(-c2ccccc2)cs1)NN. The molecule has 1 aromatic carbocycles. The van der Waals surface area contributed by atoms with Gasteiger partial charge in [0.15, 0.2) is 0 Å². The first kappa shape index (κ1) is 16.5. The monoisotopic (exact) mass is 321 g/mol. The number of hydrogen-bond acceptors (Lipinski definition) is 5. The van der Waals surface area contributed by atoms with Crippen LogP contribution in [0.3, 0.4) is 0 Å². The van der Waals surface area contributed by atoms with Crippen LogP contribution in [0.4, 0.5) is 0 Å². The number of benzene rings is 1. The van der Waals surface area contributed by atoms with E-state index in [1.54, 1.807) is 11.3 Å². The van der Waals surface area contributed by atoms with Crippen molar-refractivity contribution in [3.63, 3.8) is 0 Å². The average Bonchev–Trinajstić information content (AvgIpc) is 2.95. The maximum absolute atomic E-state index is 5.67. The zero-order valence-electron chi connectivity index (χ0n) is 12.6. The highest BCUT2D eigenvalue weighted by molar-refractivity contribution is 7.99. The normalized spacial score (nSPS) is 12.8. The molecule has 0 bridgehead atoms. The Morgan fingerprint density at radius 1 is 1.24 bits per heavy atom. The van der Waals surface area contributed by atoms with Gasteiger partial charge >= 0.3 is 0 Å². The number of thiazole rings is 1. The van der Waals surface area contributed by atoms with E-state index >= 15 is 0 Å². The third kappa shape index (κ3) is 5.43. The Hall–Kier alpha value is -0.880. The minimum absolute atomic E-state index is 0.281. The number of thioether (sulfide) groups is 1. The predicted octanol–water partition coefficient (Wildman–Crippen LogP) is 3.57. The summed E-state index contributed by atoms with van der Waals surface area (Å²) in [6, 6.07) is 10.6. The summed E-state index contributed by atoms with van der Waals surface area (Å²) < 4.78 is 0. The van der Waals surface area contributed by atoms with Gasteiger partial charge in [-0.25, -0.2) is 4.98 Å². The smallest absolute Gasteiger partial charge is 0.0948 e. The molecule has 0 aliphatic heterocycles. The summed E-state index contributed by atoms with van der Waals surface area (Å²) >= 11 is 3.66. The number of nitrogens with one attached hydrogen (secondary N) is 1. The van der Waals surface area contributed by atoms with Crippen LogP contribution in [-0.4, -0.2) is 22.5 Å². The molecule has 1 unspecified atom stereocenters. The van der Waals surface area contributed by atoms with Gasteiger partial charge in [-0.15, -0.1) is 11.3 Å². The molecule has 0 aliphatic carbocycles. The Balaban J connectivity index is 1.91. The second kappa shape index (κ2) is 8.54. The van der Waals surface area contributed by atoms with Crippen molar-refractivity contribution in [1.29, 1.82) is 0 Å². The van der Waals surface area contributed by atoms with Crippen LogP contribution in [0.25, 0.3) is 11.3 Å². The van der Waals surface area contributed by atoms with Gasteiger partial charge in [-0.1, -0.05) is 44.2 Å². The van der Waals surface area contributed by atoms with Crippen molar-refractivity contribution in [2.45, 2.75) is 26.3 Å². The van der Waals surface area contributed by atoms with Gasteiger partial charge in [-0.05, 0) is 11.7 Å². The van der Waals surface area contributed by atoms with Crippen molar-refractivity contribution < 1.29 is 0 Å². The minimum atomic E-state index is 0.281. The second-order valence-electron chi connectivity index (χ2n) is 5.49. The molecule has 0 amide bonds. The molecule has 1 aromatic heterocycles. The topological polar surface area (TPSA) is 50.9 Å². The Morgan fingerprint density at radius 3 is 2.67 bits per heavy atom. The fourth-order valence-electron chi connectivity index (χ4n) is 1.97. The first-order valence-electron chi connectivity index (χ1n) is 7.22. The molecule has 5 heteroatoms. The van der Waals surface area contributed by atoms with E-state index in [0.717, 1.165) is 28.8 Å². The largest absolute Gasteiger partial charge is 0.271 e. The molecule has 0 fully saturated rings. The van der Waals surface area contributed by atoms with Crippen molar-refractivity contribution in [3.05, 3.63) is 40.7 Å². The lowest BCUT2D eigenvalue weighted by Gasteiger charge is -2.14. The van der Waals surface area contributed by atoms with Crippen LogP contribution >= 0.6 is 23.1 Å². The van der Waals surface area contributed by atoms with Crippen molar-refractivity contribution in [2.24, 2.45) is 11.8 Å². The molecule has 0 saturated heterocycles. The van der Waals surface area contributed by atoms with Crippen molar-refractivity contribution >= 4 is 23.1 Å². The molecule has 1 heterocycles. The molecule has 21 heavy (non-hydrogen) atoms. The highest BCUT2D eigenvalue weighted by atomic mass is 32.2. The molecule has 0 saturated carbocycles. The van der Waals surface area contributed by atoms with Gasteiger partial charge in [0.1, 0.15) is 0 Å². The van der Waals surface area contributed by atoms with Gasteiger partial charge in [-0.2, -0.15) is 11.8 Å². The van der Waals surface area contributed by atoms with Crippen molar-refractivity contribution in [3.8, 4) is 11.3 Å². The first-order valence-corrected chi connectivity index (χ1v) is 9.26. The standard InChI is InChI=1S/C16H23N3S2/c1-12(2)9-20-10-14(19-17)8-16-18-15(11-21-16)13-6-4-3-5-7-13/h3-7,11-12,14,19H,8-10,17H2,1-2H3. The zero-order valence-corrected chi connectivity index (χ0v) is 14.2. The summed E-state index contributed by atoms with van der Waals surface area (Å²) in [7, 11) is 0. The summed E-state index contributed by atoms with van der Waals surface area (Å²) in [5.74, 6) is 8.58.